The van der Waals surface area contributed by atoms with E-state index in [1.807, 2.05) is 12.1 Å². The topological polar surface area (TPSA) is 70.1 Å². The average Bonchev–Trinajstić information content (AvgIpc) is 2.73. The smallest absolute Gasteiger partial charge is 0.259 e. The summed E-state index contributed by atoms with van der Waals surface area (Å²) in [6.45, 7) is 2.60. The van der Waals surface area contributed by atoms with Gasteiger partial charge in [0.1, 0.15) is 19.3 Å². The maximum Gasteiger partial charge on any atom is 0.259 e. The summed E-state index contributed by atoms with van der Waals surface area (Å²) in [4.78, 5) is 19.2. The zero-order valence-electron chi connectivity index (χ0n) is 17.4. The minimum Gasteiger partial charge on any atom is -0.490 e. The van der Waals surface area contributed by atoms with Gasteiger partial charge in [0.05, 0.1) is 12.1 Å². The zero-order chi connectivity index (χ0) is 20.9. The lowest BCUT2D eigenvalue weighted by Gasteiger charge is -2.54. The van der Waals surface area contributed by atoms with Crippen LogP contribution >= 0.6 is 22.6 Å². The first-order valence-corrected chi connectivity index (χ1v) is 11.7. The highest BCUT2D eigenvalue weighted by Gasteiger charge is 2.61. The zero-order valence-corrected chi connectivity index (χ0v) is 19.6. The van der Waals surface area contributed by atoms with E-state index >= 15 is 0 Å². The maximum atomic E-state index is 13.0. The Morgan fingerprint density at radius 1 is 1.24 bits per heavy atom. The Hall–Kier alpha value is -0.970. The van der Waals surface area contributed by atoms with E-state index in [0.29, 0.717) is 6.42 Å². The molecule has 1 aliphatic carbocycles. The van der Waals surface area contributed by atoms with Gasteiger partial charge in [-0.1, -0.05) is 29.5 Å². The predicted octanol–water partition coefficient (Wildman–Crippen LogP) is 3.19. The number of pyridine rings is 1. The number of β-lactam (4-membered cyclic amide) rings is 1. The van der Waals surface area contributed by atoms with Crippen molar-refractivity contribution in [2.45, 2.75) is 56.8 Å². The molecule has 162 valence electrons. The van der Waals surface area contributed by atoms with Gasteiger partial charge in [-0.25, -0.2) is 0 Å². The minimum atomic E-state index is -0.985. The predicted molar refractivity (Wildman–Crippen MR) is 117 cm³/mol. The number of ether oxygens (including phenoxy) is 4. The van der Waals surface area contributed by atoms with Crippen molar-refractivity contribution in [3.05, 3.63) is 24.0 Å². The Morgan fingerprint density at radius 2 is 2.00 bits per heavy atom. The number of amides is 1. The van der Waals surface area contributed by atoms with Crippen molar-refractivity contribution in [2.24, 2.45) is 5.92 Å². The number of halogens is 1. The van der Waals surface area contributed by atoms with Crippen molar-refractivity contribution in [3.63, 3.8) is 0 Å². The second kappa shape index (κ2) is 10.4. The highest BCUT2D eigenvalue weighted by atomic mass is 127. The van der Waals surface area contributed by atoms with Crippen LogP contribution in [0.1, 0.15) is 38.3 Å². The van der Waals surface area contributed by atoms with Crippen LogP contribution in [0.3, 0.4) is 0 Å². The Morgan fingerprint density at radius 3 is 2.66 bits per heavy atom. The lowest BCUT2D eigenvalue weighted by atomic mass is 9.79. The largest absolute Gasteiger partial charge is 0.490 e. The van der Waals surface area contributed by atoms with E-state index in [2.05, 4.69) is 34.5 Å². The Labute approximate surface area is 186 Å². The lowest BCUT2D eigenvalue weighted by molar-refractivity contribution is -0.229. The minimum absolute atomic E-state index is 0.0517. The van der Waals surface area contributed by atoms with Crippen molar-refractivity contribution < 1.29 is 23.7 Å². The van der Waals surface area contributed by atoms with Gasteiger partial charge in [-0.3, -0.25) is 9.78 Å². The van der Waals surface area contributed by atoms with Crippen LogP contribution in [0.15, 0.2) is 18.3 Å². The summed E-state index contributed by atoms with van der Waals surface area (Å²) in [5, 5.41) is 0. The molecule has 0 N–H and O–H groups in total. The molecule has 1 amide bonds. The fourth-order valence-corrected chi connectivity index (χ4v) is 5.40. The van der Waals surface area contributed by atoms with Crippen LogP contribution < -0.4 is 4.74 Å². The van der Waals surface area contributed by atoms with Crippen molar-refractivity contribution >= 4 is 28.5 Å². The molecule has 29 heavy (non-hydrogen) atoms. The van der Waals surface area contributed by atoms with E-state index in [4.69, 9.17) is 18.9 Å². The number of likely N-dealkylation sites (tertiary alicyclic amines) is 1. The SMILES string of the molecule is COCO[C@@]1(Cc2cc(OC3CCC(C)CC3)ccn2)C(=O)N(COC)[C@H]1CI. The number of nitrogens with zero attached hydrogens (tertiary/aromatic N) is 2. The van der Waals surface area contributed by atoms with Crippen LogP contribution in [0.4, 0.5) is 0 Å². The molecule has 0 aromatic carbocycles. The van der Waals surface area contributed by atoms with E-state index in [-0.39, 0.29) is 31.6 Å². The lowest BCUT2D eigenvalue weighted by Crippen LogP contribution is -2.76. The van der Waals surface area contributed by atoms with Gasteiger partial charge in [-0.2, -0.15) is 0 Å². The first kappa shape index (κ1) is 22.7. The molecule has 2 heterocycles. The van der Waals surface area contributed by atoms with E-state index in [9.17, 15) is 4.79 Å². The summed E-state index contributed by atoms with van der Waals surface area (Å²) in [5.74, 6) is 1.50. The average molecular weight is 518 g/mol. The summed E-state index contributed by atoms with van der Waals surface area (Å²) >= 11 is 2.28. The van der Waals surface area contributed by atoms with Crippen LogP contribution in [0, 0.1) is 5.92 Å². The number of hydrogen-bond donors (Lipinski definition) is 0. The van der Waals surface area contributed by atoms with Crippen LogP contribution in [0.25, 0.3) is 0 Å². The molecule has 1 saturated heterocycles. The van der Waals surface area contributed by atoms with Crippen LogP contribution in [0.2, 0.25) is 0 Å². The Balaban J connectivity index is 1.74. The Bertz CT molecular complexity index is 683. The molecule has 3 rings (SSSR count). The van der Waals surface area contributed by atoms with Gasteiger partial charge in [0.2, 0.25) is 0 Å². The number of hydrogen-bond acceptors (Lipinski definition) is 6. The first-order chi connectivity index (χ1) is 14.0. The molecule has 0 spiro atoms. The van der Waals surface area contributed by atoms with Crippen molar-refractivity contribution in [2.75, 3.05) is 32.2 Å². The van der Waals surface area contributed by atoms with Crippen molar-refractivity contribution in [1.82, 2.24) is 9.88 Å². The molecular weight excluding hydrogens is 487 g/mol. The van der Waals surface area contributed by atoms with Gasteiger partial charge in [0, 0.05) is 43.0 Å². The molecule has 2 fully saturated rings. The molecule has 1 aromatic heterocycles. The van der Waals surface area contributed by atoms with E-state index in [0.717, 1.165) is 34.6 Å². The number of aromatic nitrogens is 1. The molecule has 0 radical (unpaired) electrons. The highest BCUT2D eigenvalue weighted by Crippen LogP contribution is 2.39. The van der Waals surface area contributed by atoms with Gasteiger partial charge < -0.3 is 23.8 Å². The van der Waals surface area contributed by atoms with E-state index < -0.39 is 5.60 Å². The molecule has 0 unspecified atom stereocenters. The normalized spacial score (nSPS) is 29.6. The number of carbonyl (C=O) groups is 1. The number of carbonyl (C=O) groups excluding carboxylic acids is 1. The van der Waals surface area contributed by atoms with E-state index in [1.165, 1.54) is 12.8 Å². The van der Waals surface area contributed by atoms with Gasteiger partial charge >= 0.3 is 0 Å². The Kier molecular flexibility index (Phi) is 8.12. The van der Waals surface area contributed by atoms with Gasteiger partial charge in [0.15, 0.2) is 5.60 Å². The quantitative estimate of drug-likeness (QED) is 0.205. The molecule has 0 bridgehead atoms. The number of alkyl halides is 1. The third-order valence-electron chi connectivity index (χ3n) is 5.88. The second-order valence-corrected chi connectivity index (χ2v) is 8.84. The summed E-state index contributed by atoms with van der Waals surface area (Å²) in [6, 6.07) is 3.73. The molecule has 8 heteroatoms. The summed E-state index contributed by atoms with van der Waals surface area (Å²) in [5.41, 5.74) is -0.204. The first-order valence-electron chi connectivity index (χ1n) is 10.1. The molecule has 1 aliphatic heterocycles. The number of methoxy groups -OCH3 is 2. The molecular formula is C21H31IN2O5. The third-order valence-corrected chi connectivity index (χ3v) is 6.72. The summed E-state index contributed by atoms with van der Waals surface area (Å²) in [6.07, 6.45) is 6.96. The van der Waals surface area contributed by atoms with Gasteiger partial charge in [-0.15, -0.1) is 0 Å². The van der Waals surface area contributed by atoms with Gasteiger partial charge in [-0.05, 0) is 37.7 Å². The fraction of sp³-hybridized carbons (Fsp3) is 0.714. The highest BCUT2D eigenvalue weighted by molar-refractivity contribution is 14.1. The third kappa shape index (κ3) is 5.03. The summed E-state index contributed by atoms with van der Waals surface area (Å²) in [7, 11) is 3.14. The standard InChI is InChI=1S/C21H31IN2O5/c1-15-4-6-17(7-5-15)29-18-8-9-23-16(10-18)11-21(28-14-27-3)19(12-22)24(13-26-2)20(21)25/h8-10,15,17,19H,4-7,11-14H2,1-3H3/t15?,17?,19-,21+/m0/s1. The van der Waals surface area contributed by atoms with Crippen LogP contribution in [0.5, 0.6) is 5.75 Å². The van der Waals surface area contributed by atoms with Crippen LogP contribution in [-0.2, 0) is 25.4 Å². The summed E-state index contributed by atoms with van der Waals surface area (Å²) < 4.78 is 23.2. The maximum absolute atomic E-state index is 13.0. The monoisotopic (exact) mass is 518 g/mol. The van der Waals surface area contributed by atoms with Gasteiger partial charge in [0.25, 0.3) is 5.91 Å². The molecule has 7 nitrogen and oxygen atoms in total. The molecule has 1 saturated carbocycles. The molecule has 1 aromatic rings. The van der Waals surface area contributed by atoms with Crippen molar-refractivity contribution in [3.8, 4) is 5.75 Å². The van der Waals surface area contributed by atoms with Crippen LogP contribution in [-0.4, -0.2) is 65.7 Å². The number of rotatable bonds is 10. The van der Waals surface area contributed by atoms with Crippen molar-refractivity contribution in [1.29, 1.82) is 0 Å². The molecule has 2 atom stereocenters. The van der Waals surface area contributed by atoms with E-state index in [1.54, 1.807) is 25.3 Å². The molecule has 2 aliphatic rings. The second-order valence-electron chi connectivity index (χ2n) is 7.96. The fourth-order valence-electron chi connectivity index (χ4n) is 4.21.